The fraction of sp³-hybridized carbons (Fsp3) is 0.895. The molecular weight excluding hydrogens is 427 g/mol. The van der Waals surface area contributed by atoms with Gasteiger partial charge in [-0.05, 0) is 43.9 Å². The Morgan fingerprint density at radius 1 is 1.16 bits per heavy atom. The monoisotopic (exact) mass is 464 g/mol. The number of likely N-dealkylation sites (tertiary alicyclic amines) is 1. The number of aliphatic imine (C=N–C) groups is 1. The highest BCUT2D eigenvalue weighted by molar-refractivity contribution is 14.0. The van der Waals surface area contributed by atoms with Crippen LogP contribution in [0, 0.1) is 17.8 Å². The van der Waals surface area contributed by atoms with E-state index in [4.69, 9.17) is 4.99 Å². The molecule has 25 heavy (non-hydrogen) atoms. The SMILES string of the molecule is CCNC(=NCC1CCCCC1C)N1CCC(CC(=O)NC)CC1.I. The van der Waals surface area contributed by atoms with Gasteiger partial charge in [0, 0.05) is 39.6 Å². The Morgan fingerprint density at radius 2 is 1.84 bits per heavy atom. The molecule has 0 spiro atoms. The summed E-state index contributed by atoms with van der Waals surface area (Å²) in [6.07, 6.45) is 8.28. The zero-order valence-electron chi connectivity index (χ0n) is 16.2. The maximum atomic E-state index is 11.5. The van der Waals surface area contributed by atoms with Crippen LogP contribution in [0.5, 0.6) is 0 Å². The molecule has 146 valence electrons. The van der Waals surface area contributed by atoms with Crippen molar-refractivity contribution in [1.82, 2.24) is 15.5 Å². The summed E-state index contributed by atoms with van der Waals surface area (Å²) in [4.78, 5) is 18.9. The van der Waals surface area contributed by atoms with Gasteiger partial charge in [-0.25, -0.2) is 0 Å². The minimum Gasteiger partial charge on any atom is -0.359 e. The molecule has 1 aliphatic carbocycles. The molecule has 2 N–H and O–H groups in total. The van der Waals surface area contributed by atoms with Gasteiger partial charge in [-0.15, -0.1) is 24.0 Å². The molecule has 5 nitrogen and oxygen atoms in total. The van der Waals surface area contributed by atoms with Gasteiger partial charge in [0.15, 0.2) is 5.96 Å². The molecule has 1 saturated carbocycles. The minimum atomic E-state index is 0. The highest BCUT2D eigenvalue weighted by Crippen LogP contribution is 2.29. The van der Waals surface area contributed by atoms with Crippen LogP contribution in [0.4, 0.5) is 0 Å². The Bertz CT molecular complexity index is 422. The Hall–Kier alpha value is -0.530. The lowest BCUT2D eigenvalue weighted by atomic mass is 9.80. The van der Waals surface area contributed by atoms with E-state index in [1.54, 1.807) is 7.05 Å². The molecule has 2 atom stereocenters. The van der Waals surface area contributed by atoms with Crippen molar-refractivity contribution in [3.05, 3.63) is 0 Å². The highest BCUT2D eigenvalue weighted by Gasteiger charge is 2.24. The average molecular weight is 464 g/mol. The van der Waals surface area contributed by atoms with E-state index in [1.807, 2.05) is 0 Å². The maximum absolute atomic E-state index is 11.5. The van der Waals surface area contributed by atoms with Crippen molar-refractivity contribution in [1.29, 1.82) is 0 Å². The predicted molar refractivity (Wildman–Crippen MR) is 115 cm³/mol. The number of piperidine rings is 1. The van der Waals surface area contributed by atoms with Crippen LogP contribution in [0.15, 0.2) is 4.99 Å². The van der Waals surface area contributed by atoms with Crippen LogP contribution in [0.2, 0.25) is 0 Å². The summed E-state index contributed by atoms with van der Waals surface area (Å²) >= 11 is 0. The first-order valence-corrected chi connectivity index (χ1v) is 9.87. The molecule has 1 heterocycles. The molecule has 1 aliphatic heterocycles. The molecule has 1 saturated heterocycles. The van der Waals surface area contributed by atoms with Gasteiger partial charge in [-0.2, -0.15) is 0 Å². The second kappa shape index (κ2) is 12.0. The van der Waals surface area contributed by atoms with Gasteiger partial charge in [0.05, 0.1) is 0 Å². The van der Waals surface area contributed by atoms with Crippen molar-refractivity contribution in [2.75, 3.05) is 33.2 Å². The van der Waals surface area contributed by atoms with E-state index >= 15 is 0 Å². The molecule has 2 unspecified atom stereocenters. The normalized spacial score (nSPS) is 25.2. The second-order valence-electron chi connectivity index (χ2n) is 7.52. The van der Waals surface area contributed by atoms with Gasteiger partial charge in [-0.3, -0.25) is 9.79 Å². The summed E-state index contributed by atoms with van der Waals surface area (Å²) in [6.45, 7) is 8.41. The summed E-state index contributed by atoms with van der Waals surface area (Å²) in [5, 5.41) is 6.21. The van der Waals surface area contributed by atoms with Crippen LogP contribution in [-0.2, 0) is 4.79 Å². The fourth-order valence-corrected chi connectivity index (χ4v) is 4.01. The third kappa shape index (κ3) is 7.31. The quantitative estimate of drug-likeness (QED) is 0.373. The van der Waals surface area contributed by atoms with Crippen LogP contribution in [0.3, 0.4) is 0 Å². The smallest absolute Gasteiger partial charge is 0.220 e. The number of guanidine groups is 1. The Kier molecular flexibility index (Phi) is 10.8. The number of rotatable bonds is 5. The van der Waals surface area contributed by atoms with Crippen LogP contribution in [0.25, 0.3) is 0 Å². The number of hydrogen-bond donors (Lipinski definition) is 2. The largest absolute Gasteiger partial charge is 0.359 e. The number of carbonyl (C=O) groups is 1. The second-order valence-corrected chi connectivity index (χ2v) is 7.52. The van der Waals surface area contributed by atoms with E-state index in [0.29, 0.717) is 12.3 Å². The first-order chi connectivity index (χ1) is 11.6. The fourth-order valence-electron chi connectivity index (χ4n) is 4.01. The third-order valence-corrected chi connectivity index (χ3v) is 5.77. The molecule has 2 rings (SSSR count). The van der Waals surface area contributed by atoms with Gasteiger partial charge in [0.2, 0.25) is 5.91 Å². The number of hydrogen-bond acceptors (Lipinski definition) is 2. The van der Waals surface area contributed by atoms with Crippen molar-refractivity contribution in [2.24, 2.45) is 22.7 Å². The Balaban J connectivity index is 0.00000312. The molecule has 6 heteroatoms. The molecule has 0 aromatic rings. The van der Waals surface area contributed by atoms with Crippen LogP contribution in [-0.4, -0.2) is 50.0 Å². The standard InChI is InChI=1S/C19H36N4O.HI/c1-4-21-19(22-14-17-8-6-5-7-15(17)2)23-11-9-16(10-12-23)13-18(24)20-3;/h15-17H,4-14H2,1-3H3,(H,20,24)(H,21,22);1H. The van der Waals surface area contributed by atoms with Crippen molar-refractivity contribution in [3.63, 3.8) is 0 Å². The Labute approximate surface area is 170 Å². The molecule has 0 radical (unpaired) electrons. The maximum Gasteiger partial charge on any atom is 0.220 e. The van der Waals surface area contributed by atoms with E-state index in [1.165, 1.54) is 25.7 Å². The average Bonchev–Trinajstić information content (AvgIpc) is 2.60. The lowest BCUT2D eigenvalue weighted by Crippen LogP contribution is -2.46. The molecule has 0 bridgehead atoms. The van der Waals surface area contributed by atoms with E-state index in [-0.39, 0.29) is 29.9 Å². The molecular formula is C19H37IN4O. The topological polar surface area (TPSA) is 56.7 Å². The van der Waals surface area contributed by atoms with Crippen molar-refractivity contribution in [3.8, 4) is 0 Å². The van der Waals surface area contributed by atoms with E-state index < -0.39 is 0 Å². The van der Waals surface area contributed by atoms with Crippen molar-refractivity contribution < 1.29 is 4.79 Å². The van der Waals surface area contributed by atoms with Gasteiger partial charge in [0.25, 0.3) is 0 Å². The minimum absolute atomic E-state index is 0. The summed E-state index contributed by atoms with van der Waals surface area (Å²) in [6, 6.07) is 0. The van der Waals surface area contributed by atoms with Crippen molar-refractivity contribution in [2.45, 2.75) is 58.8 Å². The van der Waals surface area contributed by atoms with Crippen LogP contribution < -0.4 is 10.6 Å². The van der Waals surface area contributed by atoms with Gasteiger partial charge in [0.1, 0.15) is 0 Å². The molecule has 0 aromatic heterocycles. The van der Waals surface area contributed by atoms with E-state index in [2.05, 4.69) is 29.4 Å². The summed E-state index contributed by atoms with van der Waals surface area (Å²) in [7, 11) is 1.72. The molecule has 2 fully saturated rings. The Morgan fingerprint density at radius 3 is 2.44 bits per heavy atom. The lowest BCUT2D eigenvalue weighted by Gasteiger charge is -2.34. The predicted octanol–water partition coefficient (Wildman–Crippen LogP) is 3.24. The summed E-state index contributed by atoms with van der Waals surface area (Å²) in [5.74, 6) is 3.32. The number of halogens is 1. The number of nitrogens with zero attached hydrogens (tertiary/aromatic N) is 2. The third-order valence-electron chi connectivity index (χ3n) is 5.77. The van der Waals surface area contributed by atoms with Crippen molar-refractivity contribution >= 4 is 35.8 Å². The molecule has 2 aliphatic rings. The highest BCUT2D eigenvalue weighted by atomic mass is 127. The van der Waals surface area contributed by atoms with Gasteiger partial charge >= 0.3 is 0 Å². The van der Waals surface area contributed by atoms with E-state index in [9.17, 15) is 4.79 Å². The van der Waals surface area contributed by atoms with Crippen LogP contribution in [0.1, 0.15) is 58.8 Å². The summed E-state index contributed by atoms with van der Waals surface area (Å²) in [5.41, 5.74) is 0. The van der Waals surface area contributed by atoms with Gasteiger partial charge < -0.3 is 15.5 Å². The number of carbonyl (C=O) groups excluding carboxylic acids is 1. The van der Waals surface area contributed by atoms with E-state index in [0.717, 1.165) is 56.8 Å². The van der Waals surface area contributed by atoms with Crippen LogP contribution >= 0.6 is 24.0 Å². The molecule has 1 amide bonds. The summed E-state index contributed by atoms with van der Waals surface area (Å²) < 4.78 is 0. The number of amides is 1. The zero-order chi connectivity index (χ0) is 17.4. The number of nitrogens with one attached hydrogen (secondary N) is 2. The van der Waals surface area contributed by atoms with Gasteiger partial charge in [-0.1, -0.05) is 26.2 Å². The first kappa shape index (κ1) is 22.5. The first-order valence-electron chi connectivity index (χ1n) is 9.87. The zero-order valence-corrected chi connectivity index (χ0v) is 18.6. The molecule has 0 aromatic carbocycles. The lowest BCUT2D eigenvalue weighted by molar-refractivity contribution is -0.121.